The third kappa shape index (κ3) is 3.07. The minimum Gasteiger partial charge on any atom is -0.353 e. The molecule has 1 N–H and O–H groups in total. The Labute approximate surface area is 161 Å². The standard InChI is InChI=1S/C21H34INO/c1-14(2)23-18(24)21(5)11-6-10-20(4)16-9-12-19(3,22)13-15(16)7-8-17(20)21/h9,14-15,17H,6-8,10-13H2,1-5H3,(H,23,24)/t15?,17?,19-,20-,21+/m0/s1. The molecule has 0 aromatic rings. The summed E-state index contributed by atoms with van der Waals surface area (Å²) in [6.45, 7) is 11.3. The molecule has 0 bridgehead atoms. The van der Waals surface area contributed by atoms with E-state index in [1.54, 1.807) is 5.57 Å². The van der Waals surface area contributed by atoms with Crippen LogP contribution in [0.5, 0.6) is 0 Å². The van der Waals surface area contributed by atoms with Gasteiger partial charge in [0.15, 0.2) is 0 Å². The number of fused-ring (bicyclic) bond motifs is 3. The molecule has 2 saturated carbocycles. The Balaban J connectivity index is 1.93. The summed E-state index contributed by atoms with van der Waals surface area (Å²) in [7, 11) is 0. The summed E-state index contributed by atoms with van der Waals surface area (Å²) < 4.78 is 0.419. The summed E-state index contributed by atoms with van der Waals surface area (Å²) in [5.41, 5.74) is 1.74. The van der Waals surface area contributed by atoms with Crippen LogP contribution < -0.4 is 5.32 Å². The number of allylic oxidation sites excluding steroid dienone is 2. The Morgan fingerprint density at radius 2 is 1.96 bits per heavy atom. The van der Waals surface area contributed by atoms with Crippen LogP contribution in [0, 0.1) is 22.7 Å². The molecule has 5 atom stereocenters. The van der Waals surface area contributed by atoms with Gasteiger partial charge in [0, 0.05) is 9.46 Å². The highest BCUT2D eigenvalue weighted by Gasteiger charge is 2.57. The van der Waals surface area contributed by atoms with Crippen LogP contribution in [0.3, 0.4) is 0 Å². The maximum absolute atomic E-state index is 13.1. The van der Waals surface area contributed by atoms with E-state index >= 15 is 0 Å². The SMILES string of the molecule is CC(C)NC(=O)[C@]1(C)CCC[C@@]2(C)C3=CC[C@](C)(I)CC3CCC12. The van der Waals surface area contributed by atoms with Gasteiger partial charge in [0.05, 0.1) is 5.41 Å². The van der Waals surface area contributed by atoms with E-state index in [1.807, 2.05) is 0 Å². The van der Waals surface area contributed by atoms with Crippen LogP contribution in [0.15, 0.2) is 11.6 Å². The monoisotopic (exact) mass is 443 g/mol. The van der Waals surface area contributed by atoms with Crippen molar-refractivity contribution in [3.05, 3.63) is 11.6 Å². The molecule has 3 heteroatoms. The second-order valence-electron chi connectivity index (χ2n) is 9.62. The summed E-state index contributed by atoms with van der Waals surface area (Å²) in [4.78, 5) is 13.1. The third-order valence-corrected chi connectivity index (χ3v) is 8.07. The lowest BCUT2D eigenvalue weighted by Crippen LogP contribution is -2.56. The summed E-state index contributed by atoms with van der Waals surface area (Å²) in [6.07, 6.45) is 11.1. The van der Waals surface area contributed by atoms with Gasteiger partial charge in [-0.25, -0.2) is 0 Å². The molecule has 0 aliphatic heterocycles. The minimum atomic E-state index is -0.200. The highest BCUT2D eigenvalue weighted by atomic mass is 127. The molecule has 0 saturated heterocycles. The summed E-state index contributed by atoms with van der Waals surface area (Å²) >= 11 is 2.65. The Kier molecular flexibility index (Phi) is 4.90. The first-order chi connectivity index (χ1) is 11.1. The van der Waals surface area contributed by atoms with Crippen LogP contribution in [0.4, 0.5) is 0 Å². The highest BCUT2D eigenvalue weighted by Crippen LogP contribution is 2.63. The fraction of sp³-hybridized carbons (Fsp3) is 0.857. The van der Waals surface area contributed by atoms with Crippen molar-refractivity contribution in [1.29, 1.82) is 0 Å². The molecule has 2 fully saturated rings. The van der Waals surface area contributed by atoms with Crippen molar-refractivity contribution in [2.75, 3.05) is 0 Å². The maximum atomic E-state index is 13.1. The third-order valence-electron chi connectivity index (χ3n) is 7.19. The fourth-order valence-electron chi connectivity index (χ4n) is 6.08. The van der Waals surface area contributed by atoms with Gasteiger partial charge in [0.1, 0.15) is 0 Å². The van der Waals surface area contributed by atoms with E-state index in [1.165, 1.54) is 38.5 Å². The van der Waals surface area contributed by atoms with Crippen LogP contribution >= 0.6 is 22.6 Å². The molecule has 3 rings (SSSR count). The van der Waals surface area contributed by atoms with Gasteiger partial charge < -0.3 is 5.32 Å². The summed E-state index contributed by atoms with van der Waals surface area (Å²) in [6, 6.07) is 0.229. The lowest BCUT2D eigenvalue weighted by atomic mass is 9.46. The number of hydrogen-bond donors (Lipinski definition) is 1. The van der Waals surface area contributed by atoms with E-state index in [0.29, 0.717) is 15.2 Å². The average molecular weight is 443 g/mol. The van der Waals surface area contributed by atoms with Gasteiger partial charge in [-0.3, -0.25) is 4.79 Å². The van der Waals surface area contributed by atoms with Gasteiger partial charge in [-0.1, -0.05) is 61.4 Å². The fourth-order valence-corrected chi connectivity index (χ4v) is 6.83. The normalized spacial score (nSPS) is 45.2. The first-order valence-electron chi connectivity index (χ1n) is 9.79. The smallest absolute Gasteiger partial charge is 0.226 e. The van der Waals surface area contributed by atoms with Gasteiger partial charge in [-0.05, 0) is 69.6 Å². The molecule has 3 aliphatic carbocycles. The number of rotatable bonds is 2. The quantitative estimate of drug-likeness (QED) is 0.334. The first-order valence-corrected chi connectivity index (χ1v) is 10.9. The molecule has 0 aromatic carbocycles. The summed E-state index contributed by atoms with van der Waals surface area (Å²) in [5, 5.41) is 3.23. The van der Waals surface area contributed by atoms with Gasteiger partial charge in [-0.15, -0.1) is 0 Å². The topological polar surface area (TPSA) is 29.1 Å². The van der Waals surface area contributed by atoms with E-state index in [-0.39, 0.29) is 16.9 Å². The molecule has 2 unspecified atom stereocenters. The Morgan fingerprint density at radius 3 is 2.62 bits per heavy atom. The number of alkyl halides is 1. The van der Waals surface area contributed by atoms with Gasteiger partial charge in [0.25, 0.3) is 0 Å². The zero-order chi connectivity index (χ0) is 17.8. The number of hydrogen-bond acceptors (Lipinski definition) is 1. The van der Waals surface area contributed by atoms with Crippen LogP contribution in [0.1, 0.15) is 79.6 Å². The lowest BCUT2D eigenvalue weighted by Gasteiger charge is -2.58. The molecule has 136 valence electrons. The molecule has 24 heavy (non-hydrogen) atoms. The number of carbonyl (C=O) groups excluding carboxylic acids is 1. The van der Waals surface area contributed by atoms with E-state index in [4.69, 9.17) is 0 Å². The van der Waals surface area contributed by atoms with Crippen LogP contribution in [-0.2, 0) is 4.79 Å². The second-order valence-corrected chi connectivity index (χ2v) is 12.2. The van der Waals surface area contributed by atoms with Crippen molar-refractivity contribution in [1.82, 2.24) is 5.32 Å². The molecule has 0 radical (unpaired) electrons. The average Bonchev–Trinajstić information content (AvgIpc) is 2.44. The van der Waals surface area contributed by atoms with Gasteiger partial charge in [0.2, 0.25) is 5.91 Å². The maximum Gasteiger partial charge on any atom is 0.226 e. The van der Waals surface area contributed by atoms with Crippen molar-refractivity contribution < 1.29 is 4.79 Å². The van der Waals surface area contributed by atoms with Crippen LogP contribution in [0.25, 0.3) is 0 Å². The summed E-state index contributed by atoms with van der Waals surface area (Å²) in [5.74, 6) is 1.54. The van der Waals surface area contributed by atoms with Crippen LogP contribution in [-0.4, -0.2) is 15.4 Å². The molecular weight excluding hydrogens is 409 g/mol. The molecule has 0 aromatic heterocycles. The Morgan fingerprint density at radius 1 is 1.25 bits per heavy atom. The first kappa shape index (κ1) is 18.7. The van der Waals surface area contributed by atoms with Crippen molar-refractivity contribution in [2.24, 2.45) is 22.7 Å². The van der Waals surface area contributed by atoms with Crippen molar-refractivity contribution in [3.63, 3.8) is 0 Å². The molecule has 2 nitrogen and oxygen atoms in total. The number of halogens is 1. The predicted molar refractivity (Wildman–Crippen MR) is 109 cm³/mol. The molecule has 1 amide bonds. The van der Waals surface area contributed by atoms with E-state index in [0.717, 1.165) is 12.3 Å². The Bertz CT molecular complexity index is 552. The Hall–Kier alpha value is -0.0600. The molecule has 3 aliphatic rings. The second kappa shape index (κ2) is 6.28. The zero-order valence-electron chi connectivity index (χ0n) is 16.0. The highest BCUT2D eigenvalue weighted by molar-refractivity contribution is 14.1. The van der Waals surface area contributed by atoms with Crippen molar-refractivity contribution >= 4 is 28.5 Å². The lowest BCUT2D eigenvalue weighted by molar-refractivity contribution is -0.142. The molecular formula is C21H34INO. The number of carbonyl (C=O) groups is 1. The van der Waals surface area contributed by atoms with Gasteiger partial charge >= 0.3 is 0 Å². The van der Waals surface area contributed by atoms with E-state index in [2.05, 4.69) is 68.6 Å². The molecule has 0 spiro atoms. The van der Waals surface area contributed by atoms with E-state index in [9.17, 15) is 4.79 Å². The number of nitrogens with one attached hydrogen (secondary N) is 1. The predicted octanol–water partition coefficient (Wildman–Crippen LogP) is 5.65. The van der Waals surface area contributed by atoms with Crippen molar-refractivity contribution in [2.45, 2.75) is 89.0 Å². The van der Waals surface area contributed by atoms with Crippen molar-refractivity contribution in [3.8, 4) is 0 Å². The van der Waals surface area contributed by atoms with Gasteiger partial charge in [-0.2, -0.15) is 0 Å². The van der Waals surface area contributed by atoms with E-state index < -0.39 is 0 Å². The zero-order valence-corrected chi connectivity index (χ0v) is 18.2. The molecule has 0 heterocycles. The number of amides is 1. The van der Waals surface area contributed by atoms with Crippen LogP contribution in [0.2, 0.25) is 0 Å². The minimum absolute atomic E-state index is 0.200. The largest absolute Gasteiger partial charge is 0.353 e.